The summed E-state index contributed by atoms with van der Waals surface area (Å²) in [5.41, 5.74) is 0. The monoisotopic (exact) mass is 246 g/mol. The maximum atomic E-state index is 11.6. The molecule has 17 heavy (non-hydrogen) atoms. The van der Waals surface area contributed by atoms with Gasteiger partial charge in [-0.05, 0) is 33.1 Å². The Labute approximate surface area is 102 Å². The number of rotatable bonds is 9. The molecule has 0 spiro atoms. The number of hydrogen-bond donors (Lipinski definition) is 0. The molecule has 0 radical (unpaired) electrons. The van der Waals surface area contributed by atoms with Crippen LogP contribution in [0.4, 0.5) is 0 Å². The van der Waals surface area contributed by atoms with Gasteiger partial charge >= 0.3 is 11.9 Å². The summed E-state index contributed by atoms with van der Waals surface area (Å²) in [6, 6.07) is 0. The van der Waals surface area contributed by atoms with Crippen molar-refractivity contribution in [1.82, 2.24) is 0 Å². The molecular weight excluding hydrogens is 224 g/mol. The van der Waals surface area contributed by atoms with E-state index in [0.29, 0.717) is 13.0 Å². The van der Waals surface area contributed by atoms with Crippen molar-refractivity contribution in [3.63, 3.8) is 0 Å². The van der Waals surface area contributed by atoms with Crippen molar-refractivity contribution in [2.75, 3.05) is 26.9 Å². The normalized spacial score (nSPS) is 10.4. The third-order valence-electron chi connectivity index (χ3n) is 2.23. The molecule has 0 aliphatic carbocycles. The smallest absolute Gasteiger partial charge is 0.320 e. The highest BCUT2D eigenvalue weighted by molar-refractivity contribution is 5.94. The van der Waals surface area contributed by atoms with Gasteiger partial charge in [0.15, 0.2) is 5.92 Å². The quantitative estimate of drug-likeness (QED) is 0.351. The first kappa shape index (κ1) is 15.9. The lowest BCUT2D eigenvalue weighted by Crippen LogP contribution is -2.28. The summed E-state index contributed by atoms with van der Waals surface area (Å²) >= 11 is 0. The van der Waals surface area contributed by atoms with Gasteiger partial charge in [-0.25, -0.2) is 0 Å². The molecule has 0 saturated heterocycles. The zero-order valence-corrected chi connectivity index (χ0v) is 10.9. The van der Waals surface area contributed by atoms with Crippen molar-refractivity contribution in [1.29, 1.82) is 0 Å². The zero-order valence-electron chi connectivity index (χ0n) is 10.9. The molecule has 0 aromatic rings. The number of hydrogen-bond acceptors (Lipinski definition) is 5. The van der Waals surface area contributed by atoms with Gasteiger partial charge in [-0.15, -0.1) is 0 Å². The molecular formula is C12H22O5. The minimum atomic E-state index is -0.799. The highest BCUT2D eigenvalue weighted by Gasteiger charge is 2.28. The average Bonchev–Trinajstić information content (AvgIpc) is 2.29. The number of methoxy groups -OCH3 is 1. The Balaban J connectivity index is 4.19. The Hall–Kier alpha value is -1.10. The molecule has 0 unspecified atom stereocenters. The maximum absolute atomic E-state index is 11.6. The Morgan fingerprint density at radius 1 is 1.00 bits per heavy atom. The van der Waals surface area contributed by atoms with E-state index in [1.54, 1.807) is 21.0 Å². The molecule has 5 heteroatoms. The fraction of sp³-hybridized carbons (Fsp3) is 0.833. The van der Waals surface area contributed by atoms with E-state index in [2.05, 4.69) is 0 Å². The van der Waals surface area contributed by atoms with Crippen LogP contribution in [-0.2, 0) is 23.8 Å². The fourth-order valence-electron chi connectivity index (χ4n) is 1.41. The van der Waals surface area contributed by atoms with Gasteiger partial charge < -0.3 is 14.2 Å². The first-order chi connectivity index (χ1) is 8.17. The number of carbonyl (C=O) groups is 2. The van der Waals surface area contributed by atoms with Crippen LogP contribution in [0.1, 0.15) is 33.1 Å². The van der Waals surface area contributed by atoms with Crippen molar-refractivity contribution in [2.45, 2.75) is 33.1 Å². The van der Waals surface area contributed by atoms with Crippen molar-refractivity contribution >= 4 is 11.9 Å². The van der Waals surface area contributed by atoms with Crippen molar-refractivity contribution in [3.8, 4) is 0 Å². The molecule has 0 aromatic heterocycles. The summed E-state index contributed by atoms with van der Waals surface area (Å²) in [6.07, 6.45) is 1.99. The molecule has 0 N–H and O–H groups in total. The van der Waals surface area contributed by atoms with Gasteiger partial charge in [-0.2, -0.15) is 0 Å². The summed E-state index contributed by atoms with van der Waals surface area (Å²) in [6.45, 7) is 4.59. The third kappa shape index (κ3) is 6.94. The van der Waals surface area contributed by atoms with E-state index in [9.17, 15) is 9.59 Å². The summed E-state index contributed by atoms with van der Waals surface area (Å²) in [7, 11) is 1.62. The predicted molar refractivity (Wildman–Crippen MR) is 62.5 cm³/mol. The molecule has 0 bridgehead atoms. The predicted octanol–water partition coefficient (Wildman–Crippen LogP) is 1.55. The second kappa shape index (κ2) is 10.1. The summed E-state index contributed by atoms with van der Waals surface area (Å²) < 4.78 is 14.6. The van der Waals surface area contributed by atoms with E-state index < -0.39 is 17.9 Å². The van der Waals surface area contributed by atoms with Crippen LogP contribution >= 0.6 is 0 Å². The van der Waals surface area contributed by atoms with Crippen LogP contribution in [0, 0.1) is 5.92 Å². The second-order valence-electron chi connectivity index (χ2n) is 3.55. The van der Waals surface area contributed by atoms with Crippen molar-refractivity contribution in [2.24, 2.45) is 5.92 Å². The number of ether oxygens (including phenoxy) is 3. The van der Waals surface area contributed by atoms with Gasteiger partial charge in [0, 0.05) is 13.7 Å². The maximum Gasteiger partial charge on any atom is 0.320 e. The summed E-state index contributed by atoms with van der Waals surface area (Å²) in [5.74, 6) is -1.79. The molecule has 0 fully saturated rings. The van der Waals surface area contributed by atoms with Gasteiger partial charge in [-0.3, -0.25) is 9.59 Å². The molecule has 0 heterocycles. The van der Waals surface area contributed by atoms with Crippen LogP contribution < -0.4 is 0 Å². The van der Waals surface area contributed by atoms with E-state index >= 15 is 0 Å². The van der Waals surface area contributed by atoms with Crippen LogP contribution in [0.2, 0.25) is 0 Å². The zero-order chi connectivity index (χ0) is 13.1. The summed E-state index contributed by atoms with van der Waals surface area (Å²) in [4.78, 5) is 23.1. The fourth-order valence-corrected chi connectivity index (χ4v) is 1.41. The first-order valence-electron chi connectivity index (χ1n) is 5.99. The van der Waals surface area contributed by atoms with E-state index in [4.69, 9.17) is 14.2 Å². The third-order valence-corrected chi connectivity index (χ3v) is 2.23. The number of esters is 2. The standard InChI is InChI=1S/C12H22O5/c1-4-16-11(13)10(12(14)17-5-2)8-6-7-9-15-3/h10H,4-9H2,1-3H3. The van der Waals surface area contributed by atoms with Crippen molar-refractivity contribution < 1.29 is 23.8 Å². The first-order valence-corrected chi connectivity index (χ1v) is 5.99. The van der Waals surface area contributed by atoms with Crippen LogP contribution in [0.25, 0.3) is 0 Å². The Morgan fingerprint density at radius 2 is 1.53 bits per heavy atom. The molecule has 0 saturated carbocycles. The van der Waals surface area contributed by atoms with Crippen molar-refractivity contribution in [3.05, 3.63) is 0 Å². The number of unbranched alkanes of at least 4 members (excludes halogenated alkanes) is 1. The highest BCUT2D eigenvalue weighted by Crippen LogP contribution is 2.13. The van der Waals surface area contributed by atoms with Gasteiger partial charge in [0.1, 0.15) is 0 Å². The lowest BCUT2D eigenvalue weighted by Gasteiger charge is -2.13. The van der Waals surface area contributed by atoms with Gasteiger partial charge in [-0.1, -0.05) is 0 Å². The van der Waals surface area contributed by atoms with Crippen LogP contribution in [0.5, 0.6) is 0 Å². The lowest BCUT2D eigenvalue weighted by molar-refractivity contribution is -0.162. The minimum absolute atomic E-state index is 0.271. The average molecular weight is 246 g/mol. The lowest BCUT2D eigenvalue weighted by atomic mass is 10.0. The Kier molecular flexibility index (Phi) is 9.43. The molecule has 0 amide bonds. The van der Waals surface area contributed by atoms with Crippen LogP contribution in [-0.4, -0.2) is 38.9 Å². The Morgan fingerprint density at radius 3 is 1.94 bits per heavy atom. The topological polar surface area (TPSA) is 61.8 Å². The molecule has 0 atom stereocenters. The van der Waals surface area contributed by atoms with Gasteiger partial charge in [0.2, 0.25) is 0 Å². The van der Waals surface area contributed by atoms with E-state index in [1.807, 2.05) is 0 Å². The molecule has 0 aliphatic heterocycles. The molecule has 100 valence electrons. The minimum Gasteiger partial charge on any atom is -0.465 e. The number of carbonyl (C=O) groups excluding carboxylic acids is 2. The SMILES string of the molecule is CCOC(=O)C(CCCCOC)C(=O)OCC. The molecule has 0 aromatic carbocycles. The highest BCUT2D eigenvalue weighted by atomic mass is 16.6. The van der Waals surface area contributed by atoms with Crippen LogP contribution in [0.3, 0.4) is 0 Å². The Bertz CT molecular complexity index is 209. The largest absolute Gasteiger partial charge is 0.465 e. The van der Waals surface area contributed by atoms with E-state index in [1.165, 1.54) is 0 Å². The van der Waals surface area contributed by atoms with Gasteiger partial charge in [0.05, 0.1) is 13.2 Å². The molecule has 0 aliphatic rings. The second-order valence-corrected chi connectivity index (χ2v) is 3.55. The molecule has 5 nitrogen and oxygen atoms in total. The van der Waals surface area contributed by atoms with E-state index in [-0.39, 0.29) is 13.2 Å². The summed E-state index contributed by atoms with van der Waals surface area (Å²) in [5, 5.41) is 0. The van der Waals surface area contributed by atoms with Crippen LogP contribution in [0.15, 0.2) is 0 Å². The van der Waals surface area contributed by atoms with E-state index in [0.717, 1.165) is 12.8 Å². The van der Waals surface area contributed by atoms with Gasteiger partial charge in [0.25, 0.3) is 0 Å². The molecule has 0 rings (SSSR count).